The highest BCUT2D eigenvalue weighted by molar-refractivity contribution is 5.21. The summed E-state index contributed by atoms with van der Waals surface area (Å²) >= 11 is 0. The lowest BCUT2D eigenvalue weighted by atomic mass is 9.78. The van der Waals surface area contributed by atoms with Gasteiger partial charge in [0.25, 0.3) is 0 Å². The second kappa shape index (κ2) is 3.98. The summed E-state index contributed by atoms with van der Waals surface area (Å²) in [4.78, 5) is 4.00. The van der Waals surface area contributed by atoms with E-state index in [-0.39, 0.29) is 18.3 Å². The van der Waals surface area contributed by atoms with Crippen molar-refractivity contribution in [2.45, 2.75) is 49.7 Å². The SMILES string of the molecule is CC1(c2cncn2C2(C(F)(F)F)CC2)CCNCC1. The van der Waals surface area contributed by atoms with E-state index in [1.165, 1.54) is 10.9 Å². The van der Waals surface area contributed by atoms with Crippen molar-refractivity contribution < 1.29 is 13.2 Å². The van der Waals surface area contributed by atoms with Crippen LogP contribution >= 0.6 is 0 Å². The monoisotopic (exact) mass is 273 g/mol. The van der Waals surface area contributed by atoms with E-state index < -0.39 is 11.7 Å². The van der Waals surface area contributed by atoms with E-state index in [0.717, 1.165) is 31.6 Å². The second-order valence-corrected chi connectivity index (χ2v) is 5.99. The largest absolute Gasteiger partial charge is 0.411 e. The fourth-order valence-electron chi connectivity index (χ4n) is 3.10. The van der Waals surface area contributed by atoms with Crippen molar-refractivity contribution in [1.82, 2.24) is 14.9 Å². The third-order valence-corrected chi connectivity index (χ3v) is 4.68. The molecule has 0 aromatic carbocycles. The molecule has 0 spiro atoms. The van der Waals surface area contributed by atoms with Crippen LogP contribution in [0.15, 0.2) is 12.5 Å². The zero-order valence-electron chi connectivity index (χ0n) is 10.9. The maximum Gasteiger partial charge on any atom is 0.411 e. The first-order valence-electron chi connectivity index (χ1n) is 6.70. The summed E-state index contributed by atoms with van der Waals surface area (Å²) in [7, 11) is 0. The van der Waals surface area contributed by atoms with E-state index in [9.17, 15) is 13.2 Å². The van der Waals surface area contributed by atoms with Gasteiger partial charge in [0.2, 0.25) is 0 Å². The minimum atomic E-state index is -4.19. The standard InChI is InChI=1S/C13H18F3N3/c1-11(4-6-17-7-5-11)10-8-18-9-19(10)12(2-3-12)13(14,15)16/h8-9,17H,2-7H2,1H3. The van der Waals surface area contributed by atoms with Gasteiger partial charge in [0.05, 0.1) is 6.33 Å². The molecule has 0 amide bonds. The summed E-state index contributed by atoms with van der Waals surface area (Å²) in [5.41, 5.74) is -1.15. The van der Waals surface area contributed by atoms with Gasteiger partial charge >= 0.3 is 6.18 Å². The smallest absolute Gasteiger partial charge is 0.319 e. The second-order valence-electron chi connectivity index (χ2n) is 5.99. The van der Waals surface area contributed by atoms with Crippen molar-refractivity contribution in [2.75, 3.05) is 13.1 Å². The fraction of sp³-hybridized carbons (Fsp3) is 0.769. The van der Waals surface area contributed by atoms with Crippen LogP contribution in [-0.4, -0.2) is 28.8 Å². The molecule has 1 saturated carbocycles. The molecule has 19 heavy (non-hydrogen) atoms. The lowest BCUT2D eigenvalue weighted by Crippen LogP contribution is -2.42. The third kappa shape index (κ3) is 1.88. The molecule has 2 heterocycles. The molecule has 2 aliphatic rings. The predicted octanol–water partition coefficient (Wildman–Crippen LogP) is 2.58. The van der Waals surface area contributed by atoms with Crippen LogP contribution in [0.4, 0.5) is 13.2 Å². The Morgan fingerprint density at radius 2 is 1.84 bits per heavy atom. The molecular formula is C13H18F3N3. The van der Waals surface area contributed by atoms with Crippen LogP contribution < -0.4 is 5.32 Å². The normalized spacial score (nSPS) is 25.3. The number of piperidine rings is 1. The molecule has 3 nitrogen and oxygen atoms in total. The Bertz CT molecular complexity index is 468. The van der Waals surface area contributed by atoms with Gasteiger partial charge in [-0.15, -0.1) is 0 Å². The summed E-state index contributed by atoms with van der Waals surface area (Å²) in [6, 6.07) is 0. The summed E-state index contributed by atoms with van der Waals surface area (Å²) in [5.74, 6) is 0. The van der Waals surface area contributed by atoms with Crippen molar-refractivity contribution in [3.05, 3.63) is 18.2 Å². The van der Waals surface area contributed by atoms with Crippen LogP contribution in [0.1, 0.15) is 38.3 Å². The number of imidazole rings is 1. The summed E-state index contributed by atoms with van der Waals surface area (Å²) in [6.07, 6.45) is 0.855. The first-order chi connectivity index (χ1) is 8.89. The maximum absolute atomic E-state index is 13.3. The van der Waals surface area contributed by atoms with Gasteiger partial charge in [-0.2, -0.15) is 13.2 Å². The summed E-state index contributed by atoms with van der Waals surface area (Å²) < 4.78 is 41.2. The minimum Gasteiger partial charge on any atom is -0.319 e. The molecule has 1 aromatic heterocycles. The zero-order valence-corrected chi connectivity index (χ0v) is 10.9. The highest BCUT2D eigenvalue weighted by atomic mass is 19.4. The molecule has 6 heteroatoms. The third-order valence-electron chi connectivity index (χ3n) is 4.68. The average Bonchev–Trinajstić information content (AvgIpc) is 3.01. The number of hydrogen-bond donors (Lipinski definition) is 1. The van der Waals surface area contributed by atoms with E-state index in [1.807, 2.05) is 6.92 Å². The number of aromatic nitrogens is 2. The van der Waals surface area contributed by atoms with Gasteiger partial charge in [-0.05, 0) is 38.8 Å². The number of halogens is 3. The van der Waals surface area contributed by atoms with Crippen molar-refractivity contribution >= 4 is 0 Å². The maximum atomic E-state index is 13.3. The molecule has 1 aliphatic carbocycles. The van der Waals surface area contributed by atoms with Crippen LogP contribution in [0.25, 0.3) is 0 Å². The Kier molecular flexibility index (Phi) is 2.71. The van der Waals surface area contributed by atoms with Gasteiger partial charge < -0.3 is 9.88 Å². The van der Waals surface area contributed by atoms with E-state index in [1.54, 1.807) is 6.20 Å². The van der Waals surface area contributed by atoms with Crippen LogP contribution in [0.5, 0.6) is 0 Å². The number of rotatable bonds is 2. The van der Waals surface area contributed by atoms with Crippen LogP contribution in [-0.2, 0) is 11.0 Å². The van der Waals surface area contributed by atoms with Gasteiger partial charge in [0, 0.05) is 17.3 Å². The summed E-state index contributed by atoms with van der Waals surface area (Å²) in [6.45, 7) is 3.75. The van der Waals surface area contributed by atoms with Crippen molar-refractivity contribution in [2.24, 2.45) is 0 Å². The highest BCUT2D eigenvalue weighted by Crippen LogP contribution is 2.56. The Balaban J connectivity index is 2.00. The van der Waals surface area contributed by atoms with Crippen LogP contribution in [0, 0.1) is 0 Å². The van der Waals surface area contributed by atoms with E-state index in [2.05, 4.69) is 10.3 Å². The van der Waals surface area contributed by atoms with Crippen LogP contribution in [0.3, 0.4) is 0 Å². The molecule has 0 atom stereocenters. The van der Waals surface area contributed by atoms with Crippen molar-refractivity contribution in [1.29, 1.82) is 0 Å². The lowest BCUT2D eigenvalue weighted by molar-refractivity contribution is -0.180. The van der Waals surface area contributed by atoms with E-state index in [0.29, 0.717) is 0 Å². The Morgan fingerprint density at radius 1 is 1.21 bits per heavy atom. The van der Waals surface area contributed by atoms with Gasteiger partial charge in [-0.25, -0.2) is 4.98 Å². The molecule has 106 valence electrons. The Hall–Kier alpha value is -1.04. The van der Waals surface area contributed by atoms with Gasteiger partial charge in [0.15, 0.2) is 0 Å². The molecule has 1 aliphatic heterocycles. The molecule has 0 bridgehead atoms. The van der Waals surface area contributed by atoms with Crippen molar-refractivity contribution in [3.8, 4) is 0 Å². The fourth-order valence-corrected chi connectivity index (χ4v) is 3.10. The highest BCUT2D eigenvalue weighted by Gasteiger charge is 2.65. The van der Waals surface area contributed by atoms with Crippen molar-refractivity contribution in [3.63, 3.8) is 0 Å². The van der Waals surface area contributed by atoms with Gasteiger partial charge in [-0.3, -0.25) is 0 Å². The molecule has 3 rings (SSSR count). The predicted molar refractivity (Wildman–Crippen MR) is 64.9 cm³/mol. The zero-order chi connectivity index (χ0) is 13.7. The van der Waals surface area contributed by atoms with Gasteiger partial charge in [-0.1, -0.05) is 6.92 Å². The number of nitrogens with zero attached hydrogens (tertiary/aromatic N) is 2. The molecule has 1 N–H and O–H groups in total. The van der Waals surface area contributed by atoms with Gasteiger partial charge in [0.1, 0.15) is 5.54 Å². The quantitative estimate of drug-likeness (QED) is 0.897. The summed E-state index contributed by atoms with van der Waals surface area (Å²) in [5, 5.41) is 3.25. The minimum absolute atomic E-state index is 0.175. The molecule has 0 radical (unpaired) electrons. The molecule has 1 aromatic rings. The first-order valence-corrected chi connectivity index (χ1v) is 6.70. The first kappa shape index (κ1) is 13.0. The molecule has 0 unspecified atom stereocenters. The number of nitrogens with one attached hydrogen (secondary N) is 1. The van der Waals surface area contributed by atoms with E-state index in [4.69, 9.17) is 0 Å². The number of alkyl halides is 3. The molecule has 2 fully saturated rings. The lowest BCUT2D eigenvalue weighted by Gasteiger charge is -2.36. The topological polar surface area (TPSA) is 29.9 Å². The Morgan fingerprint density at radius 3 is 2.37 bits per heavy atom. The van der Waals surface area contributed by atoms with E-state index >= 15 is 0 Å². The molecular weight excluding hydrogens is 255 g/mol. The molecule has 1 saturated heterocycles. The van der Waals surface area contributed by atoms with Crippen LogP contribution in [0.2, 0.25) is 0 Å². The number of hydrogen-bond acceptors (Lipinski definition) is 2. The Labute approximate surface area is 110 Å². The average molecular weight is 273 g/mol.